The predicted octanol–water partition coefficient (Wildman–Crippen LogP) is 4.17. The van der Waals surface area contributed by atoms with E-state index >= 15 is 0 Å². The molecule has 0 bridgehead atoms. The first kappa shape index (κ1) is 38.2. The molecule has 296 valence electrons. The molecule has 14 nitrogen and oxygen atoms in total. The third-order valence-corrected chi connectivity index (χ3v) is 14.5. The van der Waals surface area contributed by atoms with E-state index in [0.29, 0.717) is 54.5 Å². The van der Waals surface area contributed by atoms with E-state index in [1.165, 1.54) is 11.3 Å². The minimum Gasteiger partial charge on any atom is -0.473 e. The van der Waals surface area contributed by atoms with E-state index in [9.17, 15) is 27.6 Å². The number of ether oxygens (including phenoxy) is 1. The Labute approximate surface area is 329 Å². The van der Waals surface area contributed by atoms with Gasteiger partial charge in [0.2, 0.25) is 27.7 Å². The molecule has 1 aromatic carbocycles. The number of amides is 3. The Morgan fingerprint density at radius 1 is 0.982 bits per heavy atom. The first-order valence-electron chi connectivity index (χ1n) is 19.6. The van der Waals surface area contributed by atoms with Crippen molar-refractivity contribution in [3.8, 4) is 16.5 Å². The number of rotatable bonds is 8. The van der Waals surface area contributed by atoms with Crippen LogP contribution in [0.1, 0.15) is 78.1 Å². The van der Waals surface area contributed by atoms with Crippen LogP contribution in [0.15, 0.2) is 59.0 Å². The van der Waals surface area contributed by atoms with Crippen molar-refractivity contribution in [1.29, 1.82) is 0 Å². The SMILES string of the molecule is CC1=NNC(C)C1C(=O)N[C@@H]1CCCCC/C=C\C2C[C@@]2(C(=O)NS(=O)(=O)C2CC2)NC(=O)[C@@H]2C[C@@H](Oc3nc4ccccc4nc3-c3cccs3)CC2C1=O. The van der Waals surface area contributed by atoms with Gasteiger partial charge in [0, 0.05) is 17.5 Å². The standard InChI is InChI=1S/C40H47N7O7S2/c1-22-33(23(2)46-45-22)37(50)42-31-14-7-5-3-4-6-11-24-21-40(24,39(51)47-56(52,53)26-16-17-26)44-36(49)28-20-25(19-27(28)35(31)48)54-38-34(32-15-10-18-55-32)41-29-12-8-9-13-30(29)43-38/h6,8-13,15,18,22,24-28,31,33,45H,3-5,7,14,16-17,19-21H2,1-2H3,(H,42,50)(H,44,49)(H,47,51)/b11-6-/t22?,24?,25-,27?,28+,31+,33?,40+/m0/s1. The Kier molecular flexibility index (Phi) is 10.5. The van der Waals surface area contributed by atoms with Crippen LogP contribution in [-0.4, -0.2) is 76.6 Å². The number of nitrogens with one attached hydrogen (secondary N) is 4. The molecule has 4 unspecified atom stereocenters. The zero-order chi connectivity index (χ0) is 39.2. The average molecular weight is 802 g/mol. The van der Waals surface area contributed by atoms with Crippen molar-refractivity contribution >= 4 is 61.6 Å². The first-order chi connectivity index (χ1) is 26.9. The number of para-hydroxylation sites is 2. The highest BCUT2D eigenvalue weighted by Gasteiger charge is 2.62. The van der Waals surface area contributed by atoms with E-state index in [2.05, 4.69) is 25.9 Å². The van der Waals surface area contributed by atoms with E-state index in [4.69, 9.17) is 14.7 Å². The summed E-state index contributed by atoms with van der Waals surface area (Å²) < 4.78 is 34.7. The van der Waals surface area contributed by atoms with Crippen LogP contribution in [0, 0.1) is 23.7 Å². The highest BCUT2D eigenvalue weighted by molar-refractivity contribution is 7.91. The van der Waals surface area contributed by atoms with Gasteiger partial charge in [0.25, 0.3) is 5.91 Å². The number of fused-ring (bicyclic) bond motifs is 3. The summed E-state index contributed by atoms with van der Waals surface area (Å²) in [5.74, 6) is -4.40. The zero-order valence-electron chi connectivity index (χ0n) is 31.4. The van der Waals surface area contributed by atoms with Gasteiger partial charge in [-0.3, -0.25) is 23.9 Å². The van der Waals surface area contributed by atoms with Crippen LogP contribution in [0.25, 0.3) is 21.6 Å². The number of hydrogen-bond donors (Lipinski definition) is 4. The quantitative estimate of drug-likeness (QED) is 0.240. The fraction of sp³-hybridized carbons (Fsp3) is 0.525. The second kappa shape index (κ2) is 15.3. The summed E-state index contributed by atoms with van der Waals surface area (Å²) in [6, 6.07) is 10.2. The number of carbonyl (C=O) groups is 4. The molecule has 56 heavy (non-hydrogen) atoms. The number of ketones is 1. The molecule has 3 aromatic rings. The number of Topliss-reactive ketones (excluding diaryl/α,β-unsaturated/α-hetero) is 1. The smallest absolute Gasteiger partial charge is 0.259 e. The number of hydrazone groups is 1. The molecule has 0 radical (unpaired) electrons. The highest BCUT2D eigenvalue weighted by Crippen LogP contribution is 2.47. The molecule has 8 atom stereocenters. The Morgan fingerprint density at radius 3 is 2.46 bits per heavy atom. The maximum atomic E-state index is 14.8. The summed E-state index contributed by atoms with van der Waals surface area (Å²) in [5.41, 5.74) is 3.97. The Morgan fingerprint density at radius 2 is 1.75 bits per heavy atom. The fourth-order valence-corrected chi connectivity index (χ4v) is 10.5. The second-order valence-corrected chi connectivity index (χ2v) is 18.8. The van der Waals surface area contributed by atoms with Gasteiger partial charge in [0.15, 0.2) is 5.78 Å². The maximum absolute atomic E-state index is 14.8. The van der Waals surface area contributed by atoms with Crippen LogP contribution in [0.5, 0.6) is 5.88 Å². The van der Waals surface area contributed by atoms with Crippen molar-refractivity contribution in [1.82, 2.24) is 30.7 Å². The largest absolute Gasteiger partial charge is 0.473 e. The van der Waals surface area contributed by atoms with Crippen LogP contribution in [0.3, 0.4) is 0 Å². The van der Waals surface area contributed by atoms with Crippen molar-refractivity contribution in [2.75, 3.05) is 0 Å². The number of hydrogen-bond acceptors (Lipinski definition) is 12. The summed E-state index contributed by atoms with van der Waals surface area (Å²) in [6.45, 7) is 3.64. The van der Waals surface area contributed by atoms with Crippen molar-refractivity contribution < 1.29 is 32.3 Å². The Hall–Kier alpha value is -4.70. The van der Waals surface area contributed by atoms with Gasteiger partial charge in [-0.2, -0.15) is 5.10 Å². The predicted molar refractivity (Wildman–Crippen MR) is 211 cm³/mol. The van der Waals surface area contributed by atoms with Gasteiger partial charge < -0.3 is 20.8 Å². The van der Waals surface area contributed by atoms with Crippen molar-refractivity contribution in [2.24, 2.45) is 28.8 Å². The molecule has 8 rings (SSSR count). The average Bonchev–Trinajstić information content (AvgIpc) is 3.98. The van der Waals surface area contributed by atoms with Crippen molar-refractivity contribution in [3.05, 3.63) is 53.9 Å². The van der Waals surface area contributed by atoms with Crippen LogP contribution < -0.4 is 25.5 Å². The van der Waals surface area contributed by atoms with Gasteiger partial charge in [-0.05, 0) is 88.8 Å². The summed E-state index contributed by atoms with van der Waals surface area (Å²) in [6.07, 6.45) is 8.07. The summed E-state index contributed by atoms with van der Waals surface area (Å²) in [4.78, 5) is 67.5. The molecule has 16 heteroatoms. The number of allylic oxidation sites excluding steroid dienone is 1. The van der Waals surface area contributed by atoms with Gasteiger partial charge in [-0.1, -0.05) is 43.2 Å². The Balaban J connectivity index is 1.12. The number of benzene rings is 1. The van der Waals surface area contributed by atoms with E-state index in [-0.39, 0.29) is 42.9 Å². The van der Waals surface area contributed by atoms with E-state index < -0.39 is 68.4 Å². The van der Waals surface area contributed by atoms with Crippen LogP contribution in [0.4, 0.5) is 0 Å². The number of thiophene rings is 1. The lowest BCUT2D eigenvalue weighted by Crippen LogP contribution is -2.55. The van der Waals surface area contributed by atoms with Crippen LogP contribution in [0.2, 0.25) is 0 Å². The Bertz CT molecular complexity index is 2210. The van der Waals surface area contributed by atoms with Gasteiger partial charge >= 0.3 is 0 Å². The third-order valence-electron chi connectivity index (χ3n) is 11.8. The lowest BCUT2D eigenvalue weighted by molar-refractivity contribution is -0.137. The van der Waals surface area contributed by atoms with Gasteiger partial charge in [-0.25, -0.2) is 18.4 Å². The van der Waals surface area contributed by atoms with Crippen LogP contribution >= 0.6 is 11.3 Å². The lowest BCUT2D eigenvalue weighted by Gasteiger charge is -2.27. The second-order valence-electron chi connectivity index (χ2n) is 15.9. The van der Waals surface area contributed by atoms with Crippen LogP contribution in [-0.2, 0) is 29.2 Å². The summed E-state index contributed by atoms with van der Waals surface area (Å²) >= 11 is 1.49. The number of aromatic nitrogens is 2. The number of nitrogens with zero attached hydrogens (tertiary/aromatic N) is 3. The van der Waals surface area contributed by atoms with E-state index in [1.54, 1.807) is 6.92 Å². The summed E-state index contributed by atoms with van der Waals surface area (Å²) in [7, 11) is -3.89. The molecular formula is C40H47N7O7S2. The minimum atomic E-state index is -3.89. The first-order valence-corrected chi connectivity index (χ1v) is 22.0. The fourth-order valence-electron chi connectivity index (χ4n) is 8.45. The molecular weight excluding hydrogens is 755 g/mol. The molecule has 3 saturated carbocycles. The molecule has 5 aliphatic rings. The number of carbonyl (C=O) groups excluding carboxylic acids is 4. The summed E-state index contributed by atoms with van der Waals surface area (Å²) in [5, 5.41) is 11.5. The molecule has 4 N–H and O–H groups in total. The topological polar surface area (TPSA) is 198 Å². The number of sulfonamides is 1. The molecule has 0 spiro atoms. The lowest BCUT2D eigenvalue weighted by atomic mass is 9.85. The minimum absolute atomic E-state index is 0.120. The molecule has 2 aromatic heterocycles. The molecule has 2 aliphatic heterocycles. The van der Waals surface area contributed by atoms with Crippen molar-refractivity contribution in [2.45, 2.75) is 107 Å². The molecule has 4 heterocycles. The normalized spacial score (nSPS) is 31.4. The van der Waals surface area contributed by atoms with Gasteiger partial charge in [0.05, 0.1) is 45.1 Å². The van der Waals surface area contributed by atoms with Crippen molar-refractivity contribution in [3.63, 3.8) is 0 Å². The molecule has 0 saturated heterocycles. The van der Waals surface area contributed by atoms with E-state index in [1.807, 2.05) is 60.9 Å². The van der Waals surface area contributed by atoms with Gasteiger partial charge in [0.1, 0.15) is 17.3 Å². The molecule has 3 aliphatic carbocycles. The highest BCUT2D eigenvalue weighted by atomic mass is 32.2. The van der Waals surface area contributed by atoms with Gasteiger partial charge in [-0.15, -0.1) is 11.3 Å². The molecule has 3 fully saturated rings. The molecule has 3 amide bonds. The third kappa shape index (κ3) is 7.69. The van der Waals surface area contributed by atoms with E-state index in [0.717, 1.165) is 17.7 Å². The monoisotopic (exact) mass is 801 g/mol. The maximum Gasteiger partial charge on any atom is 0.259 e. The zero-order valence-corrected chi connectivity index (χ0v) is 33.0.